The van der Waals surface area contributed by atoms with Crippen molar-refractivity contribution in [3.05, 3.63) is 61.7 Å². The zero-order chi connectivity index (χ0) is 18.7. The van der Waals surface area contributed by atoms with E-state index in [2.05, 4.69) is 10.2 Å². The van der Waals surface area contributed by atoms with Crippen LogP contribution in [0.3, 0.4) is 0 Å². The Labute approximate surface area is 161 Å². The topological polar surface area (TPSA) is 108 Å². The molecular formula is C17H12IN3O5. The molecule has 0 saturated heterocycles. The van der Waals surface area contributed by atoms with Crippen LogP contribution in [0, 0.1) is 13.7 Å². The van der Waals surface area contributed by atoms with Gasteiger partial charge in [0.05, 0.1) is 17.1 Å². The molecule has 0 aliphatic heterocycles. The second kappa shape index (κ2) is 7.60. The zero-order valence-corrected chi connectivity index (χ0v) is 15.7. The smallest absolute Gasteiger partial charge is 0.338 e. The third-order valence-electron chi connectivity index (χ3n) is 3.41. The summed E-state index contributed by atoms with van der Waals surface area (Å²) in [5.41, 5.74) is 1.46. The highest BCUT2D eigenvalue weighted by molar-refractivity contribution is 14.1. The predicted octanol–water partition coefficient (Wildman–Crippen LogP) is 4.09. The van der Waals surface area contributed by atoms with Crippen LogP contribution in [-0.2, 0) is 4.74 Å². The molecule has 0 aliphatic rings. The van der Waals surface area contributed by atoms with Gasteiger partial charge in [-0.05, 0) is 59.8 Å². The number of non-ortho nitro benzene ring substituents is 1. The maximum Gasteiger partial charge on any atom is 0.338 e. The fourth-order valence-electron chi connectivity index (χ4n) is 2.22. The van der Waals surface area contributed by atoms with Crippen LogP contribution in [0.4, 0.5) is 5.69 Å². The molecule has 1 heterocycles. The number of esters is 1. The number of nitro benzene ring substituents is 1. The van der Waals surface area contributed by atoms with Gasteiger partial charge in [-0.25, -0.2) is 4.79 Å². The quantitative estimate of drug-likeness (QED) is 0.242. The van der Waals surface area contributed by atoms with E-state index in [-0.39, 0.29) is 17.5 Å². The van der Waals surface area contributed by atoms with Crippen LogP contribution in [0.1, 0.15) is 17.3 Å². The summed E-state index contributed by atoms with van der Waals surface area (Å²) in [7, 11) is 0. The van der Waals surface area contributed by atoms with Crippen molar-refractivity contribution < 1.29 is 18.9 Å². The first-order valence-electron chi connectivity index (χ1n) is 7.54. The van der Waals surface area contributed by atoms with Gasteiger partial charge in [-0.3, -0.25) is 10.1 Å². The summed E-state index contributed by atoms with van der Waals surface area (Å²) in [6.07, 6.45) is 0. The van der Waals surface area contributed by atoms with Crippen molar-refractivity contribution in [1.29, 1.82) is 0 Å². The van der Waals surface area contributed by atoms with Gasteiger partial charge in [0, 0.05) is 26.8 Å². The van der Waals surface area contributed by atoms with E-state index in [9.17, 15) is 14.9 Å². The number of carbonyl (C=O) groups is 1. The number of aromatic nitrogens is 2. The lowest BCUT2D eigenvalue weighted by molar-refractivity contribution is -0.384. The first-order chi connectivity index (χ1) is 12.5. The van der Waals surface area contributed by atoms with E-state index >= 15 is 0 Å². The molecule has 0 N–H and O–H groups in total. The highest BCUT2D eigenvalue weighted by atomic mass is 127. The van der Waals surface area contributed by atoms with Crippen LogP contribution in [0.5, 0.6) is 0 Å². The maximum absolute atomic E-state index is 11.7. The van der Waals surface area contributed by atoms with Crippen LogP contribution in [-0.4, -0.2) is 27.7 Å². The molecule has 3 aromatic rings. The molecule has 8 nitrogen and oxygen atoms in total. The van der Waals surface area contributed by atoms with E-state index in [1.54, 1.807) is 37.3 Å². The molecule has 26 heavy (non-hydrogen) atoms. The van der Waals surface area contributed by atoms with E-state index in [0.717, 1.165) is 0 Å². The first-order valence-corrected chi connectivity index (χ1v) is 8.62. The van der Waals surface area contributed by atoms with Crippen LogP contribution >= 0.6 is 22.6 Å². The SMILES string of the molecule is CCOC(=O)c1ccc(-c2nnc(-c3cc(I)cc([N+](=O)[O-])c3)o2)cc1. The first kappa shape index (κ1) is 18.0. The second-order valence-corrected chi connectivity index (χ2v) is 6.41. The van der Waals surface area contributed by atoms with E-state index in [1.165, 1.54) is 12.1 Å². The molecule has 1 aromatic heterocycles. The lowest BCUT2D eigenvalue weighted by Gasteiger charge is -2.01. The van der Waals surface area contributed by atoms with Crippen LogP contribution in [0.15, 0.2) is 46.9 Å². The van der Waals surface area contributed by atoms with Crippen LogP contribution < -0.4 is 0 Å². The van der Waals surface area contributed by atoms with Gasteiger partial charge in [0.15, 0.2) is 0 Å². The average molecular weight is 465 g/mol. The highest BCUT2D eigenvalue weighted by Crippen LogP contribution is 2.28. The number of nitrogens with zero attached hydrogens (tertiary/aromatic N) is 3. The second-order valence-electron chi connectivity index (χ2n) is 5.17. The van der Waals surface area contributed by atoms with Crippen molar-refractivity contribution in [1.82, 2.24) is 10.2 Å². The Morgan fingerprint density at radius 3 is 2.42 bits per heavy atom. The molecule has 0 radical (unpaired) electrons. The van der Waals surface area contributed by atoms with E-state index in [0.29, 0.717) is 26.9 Å². The Balaban J connectivity index is 1.88. The van der Waals surface area contributed by atoms with Crippen molar-refractivity contribution in [3.63, 3.8) is 0 Å². The van der Waals surface area contributed by atoms with Gasteiger partial charge in [0.1, 0.15) is 0 Å². The summed E-state index contributed by atoms with van der Waals surface area (Å²) in [6, 6.07) is 11.1. The van der Waals surface area contributed by atoms with Crippen molar-refractivity contribution >= 4 is 34.2 Å². The summed E-state index contributed by atoms with van der Waals surface area (Å²) in [5.74, 6) is 0.0180. The van der Waals surface area contributed by atoms with Crippen LogP contribution in [0.2, 0.25) is 0 Å². The van der Waals surface area contributed by atoms with Crippen molar-refractivity contribution in [2.75, 3.05) is 6.61 Å². The summed E-state index contributed by atoms with van der Waals surface area (Å²) in [4.78, 5) is 22.2. The summed E-state index contributed by atoms with van der Waals surface area (Å²) in [6.45, 7) is 2.04. The third-order valence-corrected chi connectivity index (χ3v) is 4.03. The maximum atomic E-state index is 11.7. The Bertz CT molecular complexity index is 969. The Hall–Kier alpha value is -2.82. The minimum Gasteiger partial charge on any atom is -0.462 e. The van der Waals surface area contributed by atoms with Crippen molar-refractivity contribution in [2.45, 2.75) is 6.92 Å². The van der Waals surface area contributed by atoms with Gasteiger partial charge in [-0.2, -0.15) is 0 Å². The number of carbonyl (C=O) groups excluding carboxylic acids is 1. The molecule has 0 aliphatic carbocycles. The Morgan fingerprint density at radius 2 is 1.81 bits per heavy atom. The largest absolute Gasteiger partial charge is 0.462 e. The minimum atomic E-state index is -0.475. The third kappa shape index (κ3) is 3.87. The van der Waals surface area contributed by atoms with E-state index < -0.39 is 10.9 Å². The molecule has 0 unspecified atom stereocenters. The lowest BCUT2D eigenvalue weighted by atomic mass is 10.1. The van der Waals surface area contributed by atoms with Gasteiger partial charge in [0.25, 0.3) is 5.69 Å². The van der Waals surface area contributed by atoms with E-state index in [4.69, 9.17) is 9.15 Å². The van der Waals surface area contributed by atoms with Crippen molar-refractivity contribution in [3.8, 4) is 22.9 Å². The molecule has 3 rings (SSSR count). The van der Waals surface area contributed by atoms with Gasteiger partial charge < -0.3 is 9.15 Å². The molecular weight excluding hydrogens is 453 g/mol. The number of halogens is 1. The predicted molar refractivity (Wildman–Crippen MR) is 100 cm³/mol. The van der Waals surface area contributed by atoms with Gasteiger partial charge in [-0.15, -0.1) is 10.2 Å². The Morgan fingerprint density at radius 1 is 1.15 bits per heavy atom. The normalized spacial score (nSPS) is 10.5. The molecule has 0 spiro atoms. The fraction of sp³-hybridized carbons (Fsp3) is 0.118. The van der Waals surface area contributed by atoms with Gasteiger partial charge in [-0.1, -0.05) is 0 Å². The van der Waals surface area contributed by atoms with Crippen LogP contribution in [0.25, 0.3) is 22.9 Å². The minimum absolute atomic E-state index is 0.0505. The molecule has 0 amide bonds. The number of rotatable bonds is 5. The number of nitro groups is 1. The fourth-order valence-corrected chi connectivity index (χ4v) is 2.88. The van der Waals surface area contributed by atoms with Crippen molar-refractivity contribution in [2.24, 2.45) is 0 Å². The zero-order valence-electron chi connectivity index (χ0n) is 13.5. The summed E-state index contributed by atoms with van der Waals surface area (Å²) < 4.78 is 11.2. The summed E-state index contributed by atoms with van der Waals surface area (Å²) >= 11 is 1.99. The molecule has 0 fully saturated rings. The highest BCUT2D eigenvalue weighted by Gasteiger charge is 2.16. The molecule has 0 bridgehead atoms. The van der Waals surface area contributed by atoms with E-state index in [1.807, 2.05) is 22.6 Å². The monoisotopic (exact) mass is 465 g/mol. The molecule has 2 aromatic carbocycles. The Kier molecular flexibility index (Phi) is 5.26. The number of benzene rings is 2. The van der Waals surface area contributed by atoms with Gasteiger partial charge in [0.2, 0.25) is 11.8 Å². The average Bonchev–Trinajstić information content (AvgIpc) is 3.11. The summed E-state index contributed by atoms with van der Waals surface area (Å²) in [5, 5.41) is 18.9. The number of hydrogen-bond donors (Lipinski definition) is 0. The number of hydrogen-bond acceptors (Lipinski definition) is 7. The molecule has 0 saturated carbocycles. The van der Waals surface area contributed by atoms with Gasteiger partial charge >= 0.3 is 5.97 Å². The molecule has 132 valence electrons. The molecule has 0 atom stereocenters. The standard InChI is InChI=1S/C17H12IN3O5/c1-2-25-17(22)11-5-3-10(4-6-11)15-19-20-16(26-15)12-7-13(18)9-14(8-12)21(23)24/h3-9H,2H2,1H3. The lowest BCUT2D eigenvalue weighted by Crippen LogP contribution is -2.03. The number of ether oxygens (including phenoxy) is 1. The molecule has 9 heteroatoms.